The van der Waals surface area contributed by atoms with Crippen LogP contribution in [0.25, 0.3) is 22.6 Å². The second-order valence-corrected chi connectivity index (χ2v) is 7.73. The number of aryl methyl sites for hydroxylation is 1. The molecule has 4 aromatic rings. The van der Waals surface area contributed by atoms with Gasteiger partial charge in [0, 0.05) is 21.0 Å². The monoisotopic (exact) mass is 425 g/mol. The number of hydrogen-bond acceptors (Lipinski definition) is 5. The van der Waals surface area contributed by atoms with Crippen LogP contribution in [-0.2, 0) is 12.8 Å². The quantitative estimate of drug-likeness (QED) is 0.406. The molecule has 0 amide bonds. The third kappa shape index (κ3) is 3.76. The van der Waals surface area contributed by atoms with Crippen molar-refractivity contribution in [2.75, 3.05) is 0 Å². The molecule has 0 bridgehead atoms. The number of halogens is 1. The molecule has 0 saturated heterocycles. The van der Waals surface area contributed by atoms with Gasteiger partial charge in [-0.2, -0.15) is 4.98 Å². The van der Waals surface area contributed by atoms with Crippen LogP contribution < -0.4 is 0 Å². The number of nitrogens with zero attached hydrogens (tertiary/aromatic N) is 3. The molecule has 0 aliphatic carbocycles. The Kier molecular flexibility index (Phi) is 4.95. The molecule has 0 N–H and O–H groups in total. The van der Waals surface area contributed by atoms with Crippen LogP contribution in [0.3, 0.4) is 0 Å². The van der Waals surface area contributed by atoms with Crippen molar-refractivity contribution in [2.24, 2.45) is 0 Å². The van der Waals surface area contributed by atoms with E-state index in [9.17, 15) is 0 Å². The minimum atomic E-state index is 0.543. The first-order valence-corrected chi connectivity index (χ1v) is 10.0. The molecule has 0 saturated carbocycles. The Labute approximate surface area is 164 Å². The Balaban J connectivity index is 1.49. The highest BCUT2D eigenvalue weighted by Gasteiger charge is 2.12. The first-order valence-electron chi connectivity index (χ1n) is 8.33. The Bertz CT molecular complexity index is 1010. The van der Waals surface area contributed by atoms with Gasteiger partial charge in [-0.15, -0.1) is 11.3 Å². The van der Waals surface area contributed by atoms with Gasteiger partial charge in [0.05, 0.1) is 12.1 Å². The summed E-state index contributed by atoms with van der Waals surface area (Å²) >= 11 is 5.04. The van der Waals surface area contributed by atoms with Gasteiger partial charge in [-0.1, -0.05) is 52.3 Å². The van der Waals surface area contributed by atoms with Crippen molar-refractivity contribution in [1.29, 1.82) is 0 Å². The van der Waals surface area contributed by atoms with Crippen molar-refractivity contribution < 1.29 is 4.52 Å². The average Bonchev–Trinajstić information content (AvgIpc) is 3.33. The highest BCUT2D eigenvalue weighted by Crippen LogP contribution is 2.25. The molecule has 0 fully saturated rings. The Morgan fingerprint density at radius 3 is 2.42 bits per heavy atom. The van der Waals surface area contributed by atoms with Gasteiger partial charge < -0.3 is 4.52 Å². The van der Waals surface area contributed by atoms with Gasteiger partial charge in [-0.3, -0.25) is 0 Å². The van der Waals surface area contributed by atoms with Crippen LogP contribution in [0.1, 0.15) is 23.4 Å². The zero-order valence-corrected chi connectivity index (χ0v) is 16.5. The van der Waals surface area contributed by atoms with Crippen LogP contribution in [0.4, 0.5) is 0 Å². The minimum Gasteiger partial charge on any atom is -0.339 e. The molecule has 4 nitrogen and oxygen atoms in total. The van der Waals surface area contributed by atoms with Crippen molar-refractivity contribution in [3.05, 3.63) is 74.8 Å². The van der Waals surface area contributed by atoms with Gasteiger partial charge in [0.1, 0.15) is 5.01 Å². The fourth-order valence-corrected chi connectivity index (χ4v) is 3.67. The van der Waals surface area contributed by atoms with E-state index in [0.29, 0.717) is 18.1 Å². The van der Waals surface area contributed by atoms with E-state index in [1.807, 2.05) is 24.3 Å². The topological polar surface area (TPSA) is 51.8 Å². The maximum absolute atomic E-state index is 5.39. The molecule has 0 atom stereocenters. The van der Waals surface area contributed by atoms with E-state index in [2.05, 4.69) is 62.6 Å². The van der Waals surface area contributed by atoms with Crippen molar-refractivity contribution in [1.82, 2.24) is 15.1 Å². The molecule has 6 heteroatoms. The number of benzene rings is 2. The molecule has 0 radical (unpaired) electrons. The van der Waals surface area contributed by atoms with Crippen molar-refractivity contribution in [3.63, 3.8) is 0 Å². The molecular formula is C20H16BrN3OS. The summed E-state index contributed by atoms with van der Waals surface area (Å²) in [6.45, 7) is 2.16. The van der Waals surface area contributed by atoms with Gasteiger partial charge in [0.2, 0.25) is 11.7 Å². The van der Waals surface area contributed by atoms with E-state index in [1.54, 1.807) is 11.3 Å². The molecule has 0 spiro atoms. The van der Waals surface area contributed by atoms with E-state index in [1.165, 1.54) is 5.56 Å². The summed E-state index contributed by atoms with van der Waals surface area (Å²) in [6, 6.07) is 16.4. The Morgan fingerprint density at radius 2 is 1.69 bits per heavy atom. The summed E-state index contributed by atoms with van der Waals surface area (Å²) in [6.07, 6.45) is 1.59. The first kappa shape index (κ1) is 17.1. The van der Waals surface area contributed by atoms with Crippen LogP contribution in [0.15, 0.2) is 62.9 Å². The first-order chi connectivity index (χ1) is 12.7. The lowest BCUT2D eigenvalue weighted by molar-refractivity contribution is 0.385. The molecule has 130 valence electrons. The van der Waals surface area contributed by atoms with Crippen LogP contribution in [-0.4, -0.2) is 15.1 Å². The number of aromatic nitrogens is 3. The smallest absolute Gasteiger partial charge is 0.233 e. The van der Waals surface area contributed by atoms with Crippen molar-refractivity contribution in [3.8, 4) is 22.6 Å². The summed E-state index contributed by atoms with van der Waals surface area (Å²) in [5, 5.41) is 7.11. The fourth-order valence-electron chi connectivity index (χ4n) is 2.61. The van der Waals surface area contributed by atoms with E-state index in [4.69, 9.17) is 9.51 Å². The number of rotatable bonds is 5. The van der Waals surface area contributed by atoms with E-state index in [0.717, 1.165) is 32.7 Å². The third-order valence-corrected chi connectivity index (χ3v) is 5.46. The van der Waals surface area contributed by atoms with E-state index < -0.39 is 0 Å². The largest absolute Gasteiger partial charge is 0.339 e. The third-order valence-electron chi connectivity index (χ3n) is 4.08. The average molecular weight is 426 g/mol. The summed E-state index contributed by atoms with van der Waals surface area (Å²) in [5.41, 5.74) is 4.38. The summed E-state index contributed by atoms with van der Waals surface area (Å²) in [5.74, 6) is 1.17. The van der Waals surface area contributed by atoms with Gasteiger partial charge in [0.25, 0.3) is 0 Å². The molecule has 0 aliphatic heterocycles. The van der Waals surface area contributed by atoms with Crippen molar-refractivity contribution >= 4 is 27.3 Å². The predicted octanol–water partition coefficient (Wildman–Crippen LogP) is 5.78. The minimum absolute atomic E-state index is 0.543. The lowest BCUT2D eigenvalue weighted by Gasteiger charge is -1.99. The number of hydrogen-bond donors (Lipinski definition) is 0. The second-order valence-electron chi connectivity index (χ2n) is 5.87. The van der Waals surface area contributed by atoms with Gasteiger partial charge in [-0.05, 0) is 36.2 Å². The Hall–Kier alpha value is -2.31. The molecule has 0 unspecified atom stereocenters. The standard InChI is InChI=1S/C20H16BrN3OS/c1-2-13-3-5-14(6-4-13)17-12-26-19(22-17)11-18-23-20(24-25-18)15-7-9-16(21)10-8-15/h3-10,12H,2,11H2,1H3. The number of thiazole rings is 1. The van der Waals surface area contributed by atoms with Gasteiger partial charge in [0.15, 0.2) is 0 Å². The lowest BCUT2D eigenvalue weighted by atomic mass is 10.1. The predicted molar refractivity (Wildman–Crippen MR) is 107 cm³/mol. The summed E-state index contributed by atoms with van der Waals surface area (Å²) < 4.78 is 6.41. The molecule has 26 heavy (non-hydrogen) atoms. The van der Waals surface area contributed by atoms with Gasteiger partial charge in [-0.25, -0.2) is 4.98 Å². The molecule has 2 aromatic carbocycles. The highest BCUT2D eigenvalue weighted by atomic mass is 79.9. The molecule has 2 heterocycles. The molecule has 0 aliphatic rings. The molecular weight excluding hydrogens is 410 g/mol. The van der Waals surface area contributed by atoms with Crippen LogP contribution >= 0.6 is 27.3 Å². The highest BCUT2D eigenvalue weighted by molar-refractivity contribution is 9.10. The van der Waals surface area contributed by atoms with Crippen LogP contribution in [0, 0.1) is 0 Å². The Morgan fingerprint density at radius 1 is 0.962 bits per heavy atom. The van der Waals surface area contributed by atoms with E-state index >= 15 is 0 Å². The van der Waals surface area contributed by atoms with Crippen LogP contribution in [0.5, 0.6) is 0 Å². The lowest BCUT2D eigenvalue weighted by Crippen LogP contribution is -1.88. The van der Waals surface area contributed by atoms with Crippen molar-refractivity contribution in [2.45, 2.75) is 19.8 Å². The normalized spacial score (nSPS) is 11.0. The SMILES string of the molecule is CCc1ccc(-c2csc(Cc3nc(-c4ccc(Br)cc4)no3)n2)cc1. The zero-order valence-electron chi connectivity index (χ0n) is 14.1. The molecule has 2 aromatic heterocycles. The van der Waals surface area contributed by atoms with Gasteiger partial charge >= 0.3 is 0 Å². The fraction of sp³-hybridized carbons (Fsp3) is 0.150. The van der Waals surface area contributed by atoms with Crippen LogP contribution in [0.2, 0.25) is 0 Å². The maximum atomic E-state index is 5.39. The summed E-state index contributed by atoms with van der Waals surface area (Å²) in [4.78, 5) is 9.19. The zero-order chi connectivity index (χ0) is 17.9. The summed E-state index contributed by atoms with van der Waals surface area (Å²) in [7, 11) is 0. The van der Waals surface area contributed by atoms with E-state index in [-0.39, 0.29) is 0 Å². The maximum Gasteiger partial charge on any atom is 0.233 e. The molecule has 4 rings (SSSR count). The second kappa shape index (κ2) is 7.51.